The molecule has 0 aliphatic carbocycles. The Hall–Kier alpha value is -2.69. The standard InChI is InChI=1S/C23H29N3O2/c1-2-3-14-24-22(27)20-10-7-11-21(25-20)23(28)26-15-12-19(13-16-26)17-18-8-5-4-6-9-18/h4-11,19H,2-3,12-17H2,1H3,(H,24,27). The Bertz CT molecular complexity index is 783. The van der Waals surface area contributed by atoms with Crippen LogP contribution >= 0.6 is 0 Å². The fourth-order valence-corrected chi connectivity index (χ4v) is 3.60. The van der Waals surface area contributed by atoms with Crippen LogP contribution < -0.4 is 5.32 Å². The molecule has 1 N–H and O–H groups in total. The smallest absolute Gasteiger partial charge is 0.272 e. The zero-order valence-electron chi connectivity index (χ0n) is 16.6. The number of carbonyl (C=O) groups is 2. The number of unbranched alkanes of at least 4 members (excludes halogenated alkanes) is 1. The lowest BCUT2D eigenvalue weighted by molar-refractivity contribution is 0.0684. The molecule has 0 bridgehead atoms. The Kier molecular flexibility index (Phi) is 7.18. The number of likely N-dealkylation sites (tertiary alicyclic amines) is 1. The number of hydrogen-bond acceptors (Lipinski definition) is 3. The van der Waals surface area contributed by atoms with E-state index in [1.54, 1.807) is 18.2 Å². The molecule has 1 fully saturated rings. The van der Waals surface area contributed by atoms with Gasteiger partial charge in [-0.1, -0.05) is 49.7 Å². The van der Waals surface area contributed by atoms with Crippen molar-refractivity contribution >= 4 is 11.8 Å². The van der Waals surface area contributed by atoms with Crippen molar-refractivity contribution in [3.63, 3.8) is 0 Å². The van der Waals surface area contributed by atoms with Crippen molar-refractivity contribution in [3.8, 4) is 0 Å². The Morgan fingerprint density at radius 2 is 1.75 bits per heavy atom. The van der Waals surface area contributed by atoms with Gasteiger partial charge in [-0.25, -0.2) is 4.98 Å². The number of pyridine rings is 1. The van der Waals surface area contributed by atoms with Gasteiger partial charge in [0.15, 0.2) is 0 Å². The third kappa shape index (κ3) is 5.41. The highest BCUT2D eigenvalue weighted by molar-refractivity contribution is 5.96. The summed E-state index contributed by atoms with van der Waals surface area (Å²) in [5, 5.41) is 2.85. The summed E-state index contributed by atoms with van der Waals surface area (Å²) in [7, 11) is 0. The highest BCUT2D eigenvalue weighted by Crippen LogP contribution is 2.22. The molecule has 3 rings (SSSR count). The van der Waals surface area contributed by atoms with E-state index in [2.05, 4.69) is 41.5 Å². The zero-order chi connectivity index (χ0) is 19.8. The Morgan fingerprint density at radius 1 is 1.04 bits per heavy atom. The van der Waals surface area contributed by atoms with Crippen molar-refractivity contribution in [2.75, 3.05) is 19.6 Å². The fourth-order valence-electron chi connectivity index (χ4n) is 3.60. The molecule has 2 aromatic rings. The van der Waals surface area contributed by atoms with Crippen LogP contribution in [-0.4, -0.2) is 41.3 Å². The summed E-state index contributed by atoms with van der Waals surface area (Å²) < 4.78 is 0. The van der Waals surface area contributed by atoms with Crippen LogP contribution in [0.3, 0.4) is 0 Å². The van der Waals surface area contributed by atoms with E-state index < -0.39 is 0 Å². The number of aromatic nitrogens is 1. The first-order valence-corrected chi connectivity index (χ1v) is 10.3. The topological polar surface area (TPSA) is 62.3 Å². The minimum Gasteiger partial charge on any atom is -0.351 e. The lowest BCUT2D eigenvalue weighted by atomic mass is 9.90. The lowest BCUT2D eigenvalue weighted by Crippen LogP contribution is -2.39. The van der Waals surface area contributed by atoms with Crippen LogP contribution in [0.25, 0.3) is 0 Å². The molecule has 148 valence electrons. The van der Waals surface area contributed by atoms with Crippen LogP contribution in [0.2, 0.25) is 0 Å². The first-order chi connectivity index (χ1) is 13.7. The van der Waals surface area contributed by atoms with E-state index in [0.717, 1.165) is 45.2 Å². The van der Waals surface area contributed by atoms with Gasteiger partial charge in [0.05, 0.1) is 0 Å². The Balaban J connectivity index is 1.55. The molecule has 1 saturated heterocycles. The number of benzene rings is 1. The predicted octanol–water partition coefficient (Wildman–Crippen LogP) is 3.71. The van der Waals surface area contributed by atoms with Gasteiger partial charge >= 0.3 is 0 Å². The van der Waals surface area contributed by atoms with Gasteiger partial charge in [-0.05, 0) is 49.3 Å². The molecule has 0 unspecified atom stereocenters. The van der Waals surface area contributed by atoms with Gasteiger partial charge in [0.2, 0.25) is 0 Å². The zero-order valence-corrected chi connectivity index (χ0v) is 16.6. The molecule has 5 nitrogen and oxygen atoms in total. The van der Waals surface area contributed by atoms with E-state index >= 15 is 0 Å². The summed E-state index contributed by atoms with van der Waals surface area (Å²) in [6, 6.07) is 15.6. The maximum absolute atomic E-state index is 12.8. The van der Waals surface area contributed by atoms with Crippen LogP contribution in [0.15, 0.2) is 48.5 Å². The van der Waals surface area contributed by atoms with Crippen LogP contribution in [0, 0.1) is 5.92 Å². The summed E-state index contributed by atoms with van der Waals surface area (Å²) in [5.41, 5.74) is 2.02. The van der Waals surface area contributed by atoms with E-state index in [1.807, 2.05) is 11.0 Å². The molecule has 0 saturated carbocycles. The molecule has 0 atom stereocenters. The number of amides is 2. The average Bonchev–Trinajstić information content (AvgIpc) is 2.75. The molecule has 1 aliphatic heterocycles. The molecule has 0 spiro atoms. The molecule has 1 aliphatic rings. The number of piperidine rings is 1. The molecule has 28 heavy (non-hydrogen) atoms. The maximum atomic E-state index is 12.8. The third-order valence-electron chi connectivity index (χ3n) is 5.29. The van der Waals surface area contributed by atoms with E-state index in [9.17, 15) is 9.59 Å². The number of rotatable bonds is 7. The van der Waals surface area contributed by atoms with Gasteiger partial charge in [-0.3, -0.25) is 9.59 Å². The van der Waals surface area contributed by atoms with Gasteiger partial charge in [0, 0.05) is 19.6 Å². The van der Waals surface area contributed by atoms with E-state index in [-0.39, 0.29) is 11.8 Å². The van der Waals surface area contributed by atoms with E-state index in [1.165, 1.54) is 5.56 Å². The first kappa shape index (κ1) is 20.1. The van der Waals surface area contributed by atoms with Crippen LogP contribution in [-0.2, 0) is 6.42 Å². The molecular weight excluding hydrogens is 350 g/mol. The fraction of sp³-hybridized carbons (Fsp3) is 0.435. The monoisotopic (exact) mass is 379 g/mol. The quantitative estimate of drug-likeness (QED) is 0.746. The molecular formula is C23H29N3O2. The molecule has 1 aromatic carbocycles. The second kappa shape index (κ2) is 10.0. The van der Waals surface area contributed by atoms with Crippen LogP contribution in [0.1, 0.15) is 59.1 Å². The normalized spacial score (nSPS) is 14.7. The maximum Gasteiger partial charge on any atom is 0.272 e. The Morgan fingerprint density at radius 3 is 2.46 bits per heavy atom. The van der Waals surface area contributed by atoms with E-state index in [4.69, 9.17) is 0 Å². The van der Waals surface area contributed by atoms with Gasteiger partial charge in [0.25, 0.3) is 11.8 Å². The van der Waals surface area contributed by atoms with Crippen molar-refractivity contribution in [2.45, 2.75) is 39.0 Å². The number of carbonyl (C=O) groups excluding carboxylic acids is 2. The summed E-state index contributed by atoms with van der Waals surface area (Å²) in [4.78, 5) is 31.2. The SMILES string of the molecule is CCCCNC(=O)c1cccc(C(=O)N2CCC(Cc3ccccc3)CC2)n1. The summed E-state index contributed by atoms with van der Waals surface area (Å²) in [5.74, 6) is 0.307. The van der Waals surface area contributed by atoms with Crippen molar-refractivity contribution < 1.29 is 9.59 Å². The lowest BCUT2D eigenvalue weighted by Gasteiger charge is -2.32. The molecule has 5 heteroatoms. The van der Waals surface area contributed by atoms with Crippen LogP contribution in [0.5, 0.6) is 0 Å². The Labute approximate surface area is 167 Å². The largest absolute Gasteiger partial charge is 0.351 e. The number of nitrogens with zero attached hydrogens (tertiary/aromatic N) is 2. The number of hydrogen-bond donors (Lipinski definition) is 1. The van der Waals surface area contributed by atoms with Crippen molar-refractivity contribution in [1.29, 1.82) is 0 Å². The minimum absolute atomic E-state index is 0.0821. The summed E-state index contributed by atoms with van der Waals surface area (Å²) >= 11 is 0. The van der Waals surface area contributed by atoms with Gasteiger partial charge < -0.3 is 10.2 Å². The predicted molar refractivity (Wildman–Crippen MR) is 110 cm³/mol. The first-order valence-electron chi connectivity index (χ1n) is 10.3. The van der Waals surface area contributed by atoms with Gasteiger partial charge in [0.1, 0.15) is 11.4 Å². The van der Waals surface area contributed by atoms with Gasteiger partial charge in [-0.2, -0.15) is 0 Å². The highest BCUT2D eigenvalue weighted by atomic mass is 16.2. The second-order valence-corrected chi connectivity index (χ2v) is 7.44. The number of nitrogens with one attached hydrogen (secondary N) is 1. The second-order valence-electron chi connectivity index (χ2n) is 7.44. The minimum atomic E-state index is -0.218. The third-order valence-corrected chi connectivity index (χ3v) is 5.29. The summed E-state index contributed by atoms with van der Waals surface area (Å²) in [6.45, 7) is 4.19. The van der Waals surface area contributed by atoms with Crippen LogP contribution in [0.4, 0.5) is 0 Å². The molecule has 0 radical (unpaired) electrons. The molecule has 1 aromatic heterocycles. The molecule has 2 amide bonds. The van der Waals surface area contributed by atoms with E-state index in [0.29, 0.717) is 23.9 Å². The highest BCUT2D eigenvalue weighted by Gasteiger charge is 2.25. The average molecular weight is 380 g/mol. The van der Waals surface area contributed by atoms with Crippen molar-refractivity contribution in [3.05, 3.63) is 65.5 Å². The summed E-state index contributed by atoms with van der Waals surface area (Å²) in [6.07, 6.45) is 5.01. The molecule has 2 heterocycles. The van der Waals surface area contributed by atoms with Crippen molar-refractivity contribution in [1.82, 2.24) is 15.2 Å². The van der Waals surface area contributed by atoms with Gasteiger partial charge in [-0.15, -0.1) is 0 Å². The van der Waals surface area contributed by atoms with Crippen molar-refractivity contribution in [2.24, 2.45) is 5.92 Å².